The molecule has 0 radical (unpaired) electrons. The summed E-state index contributed by atoms with van der Waals surface area (Å²) < 4.78 is 2.01. The predicted molar refractivity (Wildman–Crippen MR) is 73.6 cm³/mol. The Labute approximate surface area is 110 Å². The second kappa shape index (κ2) is 5.40. The molecule has 98 valence electrons. The largest absolute Gasteiger partial charge is 0.314 e. The normalized spacial score (nSPS) is 12.5. The molecule has 0 amide bonds. The van der Waals surface area contributed by atoms with E-state index in [1.807, 2.05) is 18.5 Å². The minimum absolute atomic E-state index is 0.164. The fourth-order valence-electron chi connectivity index (χ4n) is 1.77. The van der Waals surface area contributed by atoms with Crippen molar-refractivity contribution in [3.8, 4) is 0 Å². The van der Waals surface area contributed by atoms with Crippen LogP contribution in [0.5, 0.6) is 0 Å². The van der Waals surface area contributed by atoms with Crippen LogP contribution in [0.25, 0.3) is 0 Å². The van der Waals surface area contributed by atoms with E-state index in [0.29, 0.717) is 6.04 Å². The maximum atomic E-state index is 6.16. The molecular weight excluding hydrogens is 234 g/mol. The molecule has 0 fully saturated rings. The van der Waals surface area contributed by atoms with Gasteiger partial charge in [-0.15, -0.1) is 0 Å². The number of rotatable bonds is 5. The minimum Gasteiger partial charge on any atom is -0.314 e. The Hall–Kier alpha value is -0.540. The second-order valence-electron chi connectivity index (χ2n) is 5.84. The van der Waals surface area contributed by atoms with Gasteiger partial charge in [0.05, 0.1) is 16.4 Å². The van der Waals surface area contributed by atoms with Gasteiger partial charge in [-0.1, -0.05) is 39.3 Å². The number of halogens is 1. The van der Waals surface area contributed by atoms with Crippen LogP contribution in [0, 0.1) is 19.3 Å². The van der Waals surface area contributed by atoms with Gasteiger partial charge < -0.3 is 5.32 Å². The summed E-state index contributed by atoms with van der Waals surface area (Å²) in [5.41, 5.74) is 2.13. The zero-order valence-corrected chi connectivity index (χ0v) is 12.5. The van der Waals surface area contributed by atoms with Crippen molar-refractivity contribution in [1.29, 1.82) is 0 Å². The van der Waals surface area contributed by atoms with Crippen LogP contribution in [0.3, 0.4) is 0 Å². The number of aryl methyl sites for hydroxylation is 1. The number of hydrogen-bond donors (Lipinski definition) is 1. The Balaban J connectivity index is 2.72. The van der Waals surface area contributed by atoms with Gasteiger partial charge in [-0.05, 0) is 19.3 Å². The van der Waals surface area contributed by atoms with Gasteiger partial charge in [-0.25, -0.2) is 0 Å². The van der Waals surface area contributed by atoms with Crippen molar-refractivity contribution in [3.05, 3.63) is 16.4 Å². The molecular formula is C13H24ClN3. The SMILES string of the molecule is Cc1nn(CC(C)(C)CNC(C)C)c(C)c1Cl. The van der Waals surface area contributed by atoms with Gasteiger partial charge in [0.1, 0.15) is 0 Å². The summed E-state index contributed by atoms with van der Waals surface area (Å²) in [7, 11) is 0. The van der Waals surface area contributed by atoms with Crippen LogP contribution in [0.15, 0.2) is 0 Å². The van der Waals surface area contributed by atoms with Crippen LogP contribution < -0.4 is 5.32 Å². The van der Waals surface area contributed by atoms with Gasteiger partial charge in [0.2, 0.25) is 0 Å². The molecule has 1 aromatic heterocycles. The average molecular weight is 258 g/mol. The van der Waals surface area contributed by atoms with Crippen molar-refractivity contribution in [2.45, 2.75) is 54.1 Å². The Morgan fingerprint density at radius 2 is 1.94 bits per heavy atom. The zero-order valence-electron chi connectivity index (χ0n) is 11.8. The van der Waals surface area contributed by atoms with E-state index in [-0.39, 0.29) is 5.41 Å². The fourth-order valence-corrected chi connectivity index (χ4v) is 1.91. The van der Waals surface area contributed by atoms with Crippen molar-refractivity contribution >= 4 is 11.6 Å². The lowest BCUT2D eigenvalue weighted by molar-refractivity contribution is 0.266. The molecule has 0 aliphatic heterocycles. The molecule has 0 spiro atoms. The Morgan fingerprint density at radius 3 is 2.35 bits per heavy atom. The molecule has 0 aliphatic carbocycles. The molecule has 1 aromatic rings. The third-order valence-corrected chi connectivity index (χ3v) is 3.41. The molecule has 0 aromatic carbocycles. The molecule has 4 heteroatoms. The molecule has 1 heterocycles. The van der Waals surface area contributed by atoms with Crippen LogP contribution in [0.1, 0.15) is 39.1 Å². The van der Waals surface area contributed by atoms with E-state index in [1.54, 1.807) is 0 Å². The summed E-state index contributed by atoms with van der Waals surface area (Å²) in [5.74, 6) is 0. The van der Waals surface area contributed by atoms with Gasteiger partial charge in [0.15, 0.2) is 0 Å². The minimum atomic E-state index is 0.164. The van der Waals surface area contributed by atoms with Gasteiger partial charge in [-0.3, -0.25) is 4.68 Å². The van der Waals surface area contributed by atoms with Crippen LogP contribution in [0.2, 0.25) is 5.02 Å². The highest BCUT2D eigenvalue weighted by Crippen LogP contribution is 2.23. The number of nitrogens with zero attached hydrogens (tertiary/aromatic N) is 2. The van der Waals surface area contributed by atoms with E-state index in [0.717, 1.165) is 29.5 Å². The standard InChI is InChI=1S/C13H24ClN3/c1-9(2)15-7-13(5,6)8-17-11(4)12(14)10(3)16-17/h9,15H,7-8H2,1-6H3. The first-order chi connectivity index (χ1) is 7.73. The van der Waals surface area contributed by atoms with Crippen LogP contribution >= 0.6 is 11.6 Å². The monoisotopic (exact) mass is 257 g/mol. The highest BCUT2D eigenvalue weighted by Gasteiger charge is 2.21. The predicted octanol–water partition coefficient (Wildman–Crippen LogP) is 3.18. The van der Waals surface area contributed by atoms with Gasteiger partial charge >= 0.3 is 0 Å². The highest BCUT2D eigenvalue weighted by atomic mass is 35.5. The molecule has 1 N–H and O–H groups in total. The molecule has 0 unspecified atom stereocenters. The Morgan fingerprint density at radius 1 is 1.35 bits per heavy atom. The van der Waals surface area contributed by atoms with E-state index < -0.39 is 0 Å². The first-order valence-corrected chi connectivity index (χ1v) is 6.53. The van der Waals surface area contributed by atoms with Crippen LogP contribution in [-0.2, 0) is 6.54 Å². The molecule has 17 heavy (non-hydrogen) atoms. The highest BCUT2D eigenvalue weighted by molar-refractivity contribution is 6.31. The lowest BCUT2D eigenvalue weighted by Crippen LogP contribution is -2.36. The van der Waals surface area contributed by atoms with E-state index >= 15 is 0 Å². The maximum Gasteiger partial charge on any atom is 0.0844 e. The molecule has 0 atom stereocenters. The van der Waals surface area contributed by atoms with E-state index in [2.05, 4.69) is 38.1 Å². The number of hydrogen-bond acceptors (Lipinski definition) is 2. The van der Waals surface area contributed by atoms with Crippen LogP contribution in [-0.4, -0.2) is 22.4 Å². The van der Waals surface area contributed by atoms with Crippen molar-refractivity contribution < 1.29 is 0 Å². The first kappa shape index (κ1) is 14.5. The molecule has 3 nitrogen and oxygen atoms in total. The molecule has 0 saturated heterocycles. The van der Waals surface area contributed by atoms with Gasteiger partial charge in [0, 0.05) is 19.1 Å². The number of nitrogens with one attached hydrogen (secondary N) is 1. The van der Waals surface area contributed by atoms with E-state index in [4.69, 9.17) is 11.6 Å². The second-order valence-corrected chi connectivity index (χ2v) is 6.22. The number of aromatic nitrogens is 2. The summed E-state index contributed by atoms with van der Waals surface area (Å²) >= 11 is 6.16. The lowest BCUT2D eigenvalue weighted by Gasteiger charge is -2.26. The average Bonchev–Trinajstić information content (AvgIpc) is 2.43. The summed E-state index contributed by atoms with van der Waals surface area (Å²) in [4.78, 5) is 0. The fraction of sp³-hybridized carbons (Fsp3) is 0.769. The summed E-state index contributed by atoms with van der Waals surface area (Å²) in [6.45, 7) is 14.6. The molecule has 0 saturated carbocycles. The third kappa shape index (κ3) is 4.00. The Bertz CT molecular complexity index is 380. The van der Waals surface area contributed by atoms with Crippen molar-refractivity contribution in [2.24, 2.45) is 5.41 Å². The van der Waals surface area contributed by atoms with E-state index in [1.165, 1.54) is 0 Å². The Kier molecular flexibility index (Phi) is 4.62. The molecule has 0 aliphatic rings. The molecule has 1 rings (SSSR count). The third-order valence-electron chi connectivity index (χ3n) is 2.86. The zero-order chi connectivity index (χ0) is 13.2. The van der Waals surface area contributed by atoms with Crippen molar-refractivity contribution in [2.75, 3.05) is 6.54 Å². The summed E-state index contributed by atoms with van der Waals surface area (Å²) in [5, 5.41) is 8.74. The maximum absolute atomic E-state index is 6.16. The lowest BCUT2D eigenvalue weighted by atomic mass is 9.93. The van der Waals surface area contributed by atoms with Gasteiger partial charge in [-0.2, -0.15) is 5.10 Å². The quantitative estimate of drug-likeness (QED) is 0.878. The van der Waals surface area contributed by atoms with Crippen molar-refractivity contribution in [3.63, 3.8) is 0 Å². The summed E-state index contributed by atoms with van der Waals surface area (Å²) in [6.07, 6.45) is 0. The first-order valence-electron chi connectivity index (χ1n) is 6.16. The van der Waals surface area contributed by atoms with Crippen molar-refractivity contribution in [1.82, 2.24) is 15.1 Å². The summed E-state index contributed by atoms with van der Waals surface area (Å²) in [6, 6.07) is 0.512. The topological polar surface area (TPSA) is 29.9 Å². The molecule has 0 bridgehead atoms. The van der Waals surface area contributed by atoms with E-state index in [9.17, 15) is 0 Å². The van der Waals surface area contributed by atoms with Crippen LogP contribution in [0.4, 0.5) is 0 Å². The van der Waals surface area contributed by atoms with Gasteiger partial charge in [0.25, 0.3) is 0 Å². The smallest absolute Gasteiger partial charge is 0.0844 e.